The zero-order valence-corrected chi connectivity index (χ0v) is 9.34. The van der Waals surface area contributed by atoms with Gasteiger partial charge in [-0.15, -0.1) is 11.3 Å². The number of thiazole rings is 1. The van der Waals surface area contributed by atoms with Crippen LogP contribution in [0.3, 0.4) is 0 Å². The normalized spacial score (nSPS) is 10.1. The van der Waals surface area contributed by atoms with E-state index < -0.39 is 5.82 Å². The van der Waals surface area contributed by atoms with Crippen LogP contribution in [0.15, 0.2) is 30.5 Å². The molecule has 3 nitrogen and oxygen atoms in total. The van der Waals surface area contributed by atoms with E-state index in [9.17, 15) is 9.18 Å². The van der Waals surface area contributed by atoms with Crippen molar-refractivity contribution in [2.45, 2.75) is 6.92 Å². The summed E-state index contributed by atoms with van der Waals surface area (Å²) in [6, 6.07) is 6.05. The Balaban J connectivity index is 2.17. The quantitative estimate of drug-likeness (QED) is 0.871. The molecule has 0 fully saturated rings. The first-order chi connectivity index (χ1) is 7.66. The van der Waals surface area contributed by atoms with E-state index >= 15 is 0 Å². The number of halogens is 1. The Bertz CT molecular complexity index is 524. The molecule has 5 heteroatoms. The van der Waals surface area contributed by atoms with Gasteiger partial charge in [0.15, 0.2) is 0 Å². The molecule has 1 aromatic carbocycles. The van der Waals surface area contributed by atoms with Crippen LogP contribution in [0.1, 0.15) is 14.7 Å². The first-order valence-corrected chi connectivity index (χ1v) is 5.47. The number of anilines is 1. The van der Waals surface area contributed by atoms with E-state index in [1.54, 1.807) is 12.1 Å². The van der Waals surface area contributed by atoms with Crippen LogP contribution in [0.2, 0.25) is 0 Å². The summed E-state index contributed by atoms with van der Waals surface area (Å²) in [5.74, 6) is -0.784. The molecule has 0 radical (unpaired) electrons. The van der Waals surface area contributed by atoms with Crippen molar-refractivity contribution in [2.75, 3.05) is 5.32 Å². The SMILES string of the molecule is Cc1ncc(C(=O)Nc2ccccc2F)s1. The number of carbonyl (C=O) groups is 1. The second-order valence-corrected chi connectivity index (χ2v) is 4.41. The molecule has 1 heterocycles. The molecule has 0 saturated heterocycles. The molecule has 1 N–H and O–H groups in total. The Kier molecular flexibility index (Phi) is 2.96. The summed E-state index contributed by atoms with van der Waals surface area (Å²) < 4.78 is 13.2. The molecule has 0 unspecified atom stereocenters. The van der Waals surface area contributed by atoms with Gasteiger partial charge in [-0.2, -0.15) is 0 Å². The van der Waals surface area contributed by atoms with Crippen LogP contribution in [0.25, 0.3) is 0 Å². The van der Waals surface area contributed by atoms with Gasteiger partial charge in [0.05, 0.1) is 16.9 Å². The predicted octanol–water partition coefficient (Wildman–Crippen LogP) is 2.84. The predicted molar refractivity (Wildman–Crippen MR) is 61.2 cm³/mol. The van der Waals surface area contributed by atoms with E-state index in [0.717, 1.165) is 5.01 Å². The van der Waals surface area contributed by atoms with Crippen molar-refractivity contribution in [2.24, 2.45) is 0 Å². The molecule has 82 valence electrons. The molecule has 0 aliphatic heterocycles. The minimum absolute atomic E-state index is 0.179. The minimum atomic E-state index is -0.447. The molecular weight excluding hydrogens is 227 g/mol. The van der Waals surface area contributed by atoms with E-state index in [-0.39, 0.29) is 11.6 Å². The first kappa shape index (κ1) is 10.8. The number of nitrogens with one attached hydrogen (secondary N) is 1. The van der Waals surface area contributed by atoms with Crippen molar-refractivity contribution in [1.82, 2.24) is 4.98 Å². The third kappa shape index (κ3) is 2.25. The number of hydrogen-bond donors (Lipinski definition) is 1. The summed E-state index contributed by atoms with van der Waals surface area (Å²) >= 11 is 1.28. The summed E-state index contributed by atoms with van der Waals surface area (Å²) in [7, 11) is 0. The standard InChI is InChI=1S/C11H9FN2OS/c1-7-13-6-10(16-7)11(15)14-9-5-3-2-4-8(9)12/h2-6H,1H3,(H,14,15). The van der Waals surface area contributed by atoms with Gasteiger partial charge in [0.1, 0.15) is 10.7 Å². The summed E-state index contributed by atoms with van der Waals surface area (Å²) in [5, 5.41) is 3.30. The average Bonchev–Trinajstić information content (AvgIpc) is 2.68. The molecule has 1 aromatic heterocycles. The van der Waals surface area contributed by atoms with Gasteiger partial charge in [0.25, 0.3) is 5.91 Å². The van der Waals surface area contributed by atoms with Crippen molar-refractivity contribution < 1.29 is 9.18 Å². The zero-order chi connectivity index (χ0) is 11.5. The van der Waals surface area contributed by atoms with Crippen LogP contribution in [0, 0.1) is 12.7 Å². The van der Waals surface area contributed by atoms with Gasteiger partial charge >= 0.3 is 0 Å². The van der Waals surface area contributed by atoms with E-state index in [2.05, 4.69) is 10.3 Å². The Morgan fingerprint density at radius 2 is 2.19 bits per heavy atom. The van der Waals surface area contributed by atoms with Crippen molar-refractivity contribution in [3.63, 3.8) is 0 Å². The Morgan fingerprint density at radius 1 is 1.44 bits per heavy atom. The average molecular weight is 236 g/mol. The monoisotopic (exact) mass is 236 g/mol. The molecule has 0 aliphatic rings. The molecule has 0 spiro atoms. The van der Waals surface area contributed by atoms with Gasteiger partial charge in [-0.1, -0.05) is 12.1 Å². The molecule has 0 atom stereocenters. The van der Waals surface area contributed by atoms with E-state index in [0.29, 0.717) is 4.88 Å². The van der Waals surface area contributed by atoms with Crippen LogP contribution in [-0.4, -0.2) is 10.9 Å². The van der Waals surface area contributed by atoms with Gasteiger partial charge in [-0.3, -0.25) is 4.79 Å². The van der Waals surface area contributed by atoms with Gasteiger partial charge in [0.2, 0.25) is 0 Å². The maximum absolute atomic E-state index is 13.2. The zero-order valence-electron chi connectivity index (χ0n) is 8.53. The first-order valence-electron chi connectivity index (χ1n) is 4.65. The summed E-state index contributed by atoms with van der Waals surface area (Å²) in [6.07, 6.45) is 1.48. The molecule has 2 rings (SSSR count). The van der Waals surface area contributed by atoms with E-state index in [4.69, 9.17) is 0 Å². The van der Waals surface area contributed by atoms with Crippen LogP contribution >= 0.6 is 11.3 Å². The topological polar surface area (TPSA) is 42.0 Å². The van der Waals surface area contributed by atoms with Gasteiger partial charge in [0, 0.05) is 0 Å². The third-order valence-electron chi connectivity index (χ3n) is 1.97. The number of nitrogens with zero attached hydrogens (tertiary/aromatic N) is 1. The van der Waals surface area contributed by atoms with Crippen molar-refractivity contribution in [3.05, 3.63) is 46.2 Å². The number of aromatic nitrogens is 1. The lowest BCUT2D eigenvalue weighted by Gasteiger charge is -2.03. The number of hydrogen-bond acceptors (Lipinski definition) is 3. The fraction of sp³-hybridized carbons (Fsp3) is 0.0909. The number of amides is 1. The van der Waals surface area contributed by atoms with Crippen molar-refractivity contribution >= 4 is 22.9 Å². The molecule has 2 aromatic rings. The largest absolute Gasteiger partial charge is 0.319 e. The van der Waals surface area contributed by atoms with Crippen LogP contribution in [0.4, 0.5) is 10.1 Å². The second kappa shape index (κ2) is 4.40. The highest BCUT2D eigenvalue weighted by Gasteiger charge is 2.10. The van der Waals surface area contributed by atoms with Crippen LogP contribution < -0.4 is 5.32 Å². The number of aryl methyl sites for hydroxylation is 1. The van der Waals surface area contributed by atoms with Gasteiger partial charge in [-0.25, -0.2) is 9.37 Å². The summed E-state index contributed by atoms with van der Waals surface area (Å²) in [5.41, 5.74) is 0.179. The number of benzene rings is 1. The lowest BCUT2D eigenvalue weighted by atomic mass is 10.3. The van der Waals surface area contributed by atoms with Gasteiger partial charge in [-0.05, 0) is 19.1 Å². The van der Waals surface area contributed by atoms with Crippen LogP contribution in [-0.2, 0) is 0 Å². The summed E-state index contributed by atoms with van der Waals surface area (Å²) in [4.78, 5) is 16.1. The Morgan fingerprint density at radius 3 is 2.81 bits per heavy atom. The lowest BCUT2D eigenvalue weighted by molar-refractivity contribution is 0.103. The Hall–Kier alpha value is -1.75. The van der Waals surface area contributed by atoms with Gasteiger partial charge < -0.3 is 5.32 Å². The molecule has 16 heavy (non-hydrogen) atoms. The lowest BCUT2D eigenvalue weighted by Crippen LogP contribution is -2.11. The molecule has 0 bridgehead atoms. The van der Waals surface area contributed by atoms with E-state index in [1.165, 1.54) is 29.7 Å². The fourth-order valence-corrected chi connectivity index (χ4v) is 1.89. The number of carbonyl (C=O) groups excluding carboxylic acids is 1. The smallest absolute Gasteiger partial charge is 0.267 e. The van der Waals surface area contributed by atoms with Crippen molar-refractivity contribution in [1.29, 1.82) is 0 Å². The number of para-hydroxylation sites is 1. The second-order valence-electron chi connectivity index (χ2n) is 3.18. The number of rotatable bonds is 2. The third-order valence-corrected chi connectivity index (χ3v) is 2.88. The highest BCUT2D eigenvalue weighted by molar-refractivity contribution is 7.13. The molecule has 0 saturated carbocycles. The van der Waals surface area contributed by atoms with Crippen LogP contribution in [0.5, 0.6) is 0 Å². The Labute approximate surface area is 96.0 Å². The highest BCUT2D eigenvalue weighted by Crippen LogP contribution is 2.16. The minimum Gasteiger partial charge on any atom is -0.319 e. The fourth-order valence-electron chi connectivity index (χ4n) is 1.21. The summed E-state index contributed by atoms with van der Waals surface area (Å²) in [6.45, 7) is 1.81. The molecular formula is C11H9FN2OS. The molecule has 1 amide bonds. The highest BCUT2D eigenvalue weighted by atomic mass is 32.1. The van der Waals surface area contributed by atoms with Crippen molar-refractivity contribution in [3.8, 4) is 0 Å². The van der Waals surface area contributed by atoms with E-state index in [1.807, 2.05) is 6.92 Å². The maximum Gasteiger partial charge on any atom is 0.267 e. The maximum atomic E-state index is 13.2. The molecule has 0 aliphatic carbocycles.